The molecule has 0 heterocycles. The third kappa shape index (κ3) is 4.05. The van der Waals surface area contributed by atoms with Crippen LogP contribution in [-0.4, -0.2) is 5.11 Å². The Morgan fingerprint density at radius 1 is 1.20 bits per heavy atom. The van der Waals surface area contributed by atoms with Gasteiger partial charge in [0.1, 0.15) is 0 Å². The molecule has 1 heteroatoms. The number of rotatable bonds is 3. The lowest BCUT2D eigenvalue weighted by Gasteiger charge is -2.12. The molecule has 86 valence electrons. The van der Waals surface area contributed by atoms with E-state index < -0.39 is 0 Å². The van der Waals surface area contributed by atoms with Crippen molar-refractivity contribution in [2.45, 2.75) is 53.6 Å². The van der Waals surface area contributed by atoms with E-state index in [0.29, 0.717) is 5.92 Å². The SMILES string of the molecule is CC.CCc1ccc(CO)cc1C(C)C. The van der Waals surface area contributed by atoms with Gasteiger partial charge < -0.3 is 5.11 Å². The van der Waals surface area contributed by atoms with Crippen molar-refractivity contribution in [1.29, 1.82) is 0 Å². The molecule has 0 aliphatic rings. The van der Waals surface area contributed by atoms with Gasteiger partial charge in [0, 0.05) is 0 Å². The lowest BCUT2D eigenvalue weighted by Crippen LogP contribution is -1.97. The van der Waals surface area contributed by atoms with Gasteiger partial charge >= 0.3 is 0 Å². The van der Waals surface area contributed by atoms with Gasteiger partial charge in [0.05, 0.1) is 6.61 Å². The van der Waals surface area contributed by atoms with Gasteiger partial charge in [-0.3, -0.25) is 0 Å². The normalized spacial score (nSPS) is 9.80. The Kier molecular flexibility index (Phi) is 7.06. The zero-order chi connectivity index (χ0) is 11.8. The number of hydrogen-bond donors (Lipinski definition) is 1. The Morgan fingerprint density at radius 2 is 1.80 bits per heavy atom. The molecule has 0 saturated heterocycles. The van der Waals surface area contributed by atoms with Crippen LogP contribution in [0.4, 0.5) is 0 Å². The Morgan fingerprint density at radius 3 is 2.20 bits per heavy atom. The molecular weight excluding hydrogens is 184 g/mol. The number of aliphatic hydroxyl groups is 1. The Bertz CT molecular complexity index is 277. The monoisotopic (exact) mass is 208 g/mol. The van der Waals surface area contributed by atoms with E-state index in [1.54, 1.807) is 0 Å². The molecule has 0 aromatic heterocycles. The van der Waals surface area contributed by atoms with E-state index >= 15 is 0 Å². The highest BCUT2D eigenvalue weighted by Gasteiger charge is 2.05. The molecule has 0 radical (unpaired) electrons. The molecule has 1 rings (SSSR count). The average molecular weight is 208 g/mol. The van der Waals surface area contributed by atoms with Crippen molar-refractivity contribution in [3.8, 4) is 0 Å². The lowest BCUT2D eigenvalue weighted by atomic mass is 9.94. The molecule has 0 saturated carbocycles. The predicted molar refractivity (Wildman–Crippen MR) is 67.2 cm³/mol. The van der Waals surface area contributed by atoms with Gasteiger partial charge in [0.2, 0.25) is 0 Å². The van der Waals surface area contributed by atoms with Crippen molar-refractivity contribution in [3.63, 3.8) is 0 Å². The first-order valence-electron chi connectivity index (χ1n) is 5.91. The van der Waals surface area contributed by atoms with Crippen LogP contribution in [0, 0.1) is 0 Å². The van der Waals surface area contributed by atoms with E-state index in [1.807, 2.05) is 19.9 Å². The van der Waals surface area contributed by atoms with Crippen LogP contribution in [0.5, 0.6) is 0 Å². The minimum absolute atomic E-state index is 0.143. The number of aryl methyl sites for hydroxylation is 1. The Labute approximate surface area is 94.2 Å². The number of hydrogen-bond acceptors (Lipinski definition) is 1. The molecule has 0 bridgehead atoms. The van der Waals surface area contributed by atoms with Crippen molar-refractivity contribution >= 4 is 0 Å². The van der Waals surface area contributed by atoms with Gasteiger partial charge in [-0.1, -0.05) is 52.8 Å². The lowest BCUT2D eigenvalue weighted by molar-refractivity contribution is 0.281. The zero-order valence-corrected chi connectivity index (χ0v) is 10.7. The second-order valence-electron chi connectivity index (χ2n) is 3.70. The summed E-state index contributed by atoms with van der Waals surface area (Å²) in [6.07, 6.45) is 1.07. The van der Waals surface area contributed by atoms with E-state index in [0.717, 1.165) is 12.0 Å². The number of benzene rings is 1. The maximum absolute atomic E-state index is 9.01. The van der Waals surface area contributed by atoms with Gasteiger partial charge in [-0.05, 0) is 29.0 Å². The summed E-state index contributed by atoms with van der Waals surface area (Å²) in [6, 6.07) is 6.25. The topological polar surface area (TPSA) is 20.2 Å². The van der Waals surface area contributed by atoms with E-state index in [1.165, 1.54) is 11.1 Å². The Balaban J connectivity index is 0.000000921. The maximum Gasteiger partial charge on any atom is 0.0681 e. The molecule has 1 N–H and O–H groups in total. The zero-order valence-electron chi connectivity index (χ0n) is 10.7. The van der Waals surface area contributed by atoms with E-state index in [4.69, 9.17) is 5.11 Å². The van der Waals surface area contributed by atoms with Gasteiger partial charge in [-0.25, -0.2) is 0 Å². The maximum atomic E-state index is 9.01. The van der Waals surface area contributed by atoms with Gasteiger partial charge in [-0.15, -0.1) is 0 Å². The number of aliphatic hydroxyl groups excluding tert-OH is 1. The fourth-order valence-corrected chi connectivity index (χ4v) is 1.60. The second-order valence-corrected chi connectivity index (χ2v) is 3.70. The van der Waals surface area contributed by atoms with E-state index in [9.17, 15) is 0 Å². The highest BCUT2D eigenvalue weighted by atomic mass is 16.3. The summed E-state index contributed by atoms with van der Waals surface area (Å²) in [4.78, 5) is 0. The first kappa shape index (κ1) is 14.2. The molecule has 0 fully saturated rings. The highest BCUT2D eigenvalue weighted by molar-refractivity contribution is 5.34. The van der Waals surface area contributed by atoms with Crippen molar-refractivity contribution in [3.05, 3.63) is 34.9 Å². The van der Waals surface area contributed by atoms with Crippen LogP contribution in [0.1, 0.15) is 57.2 Å². The van der Waals surface area contributed by atoms with E-state index in [2.05, 4.69) is 32.9 Å². The van der Waals surface area contributed by atoms with Crippen LogP contribution in [0.15, 0.2) is 18.2 Å². The van der Waals surface area contributed by atoms with Crippen LogP contribution < -0.4 is 0 Å². The van der Waals surface area contributed by atoms with Crippen LogP contribution in [0.2, 0.25) is 0 Å². The summed E-state index contributed by atoms with van der Waals surface area (Å²) in [5.74, 6) is 0.543. The summed E-state index contributed by atoms with van der Waals surface area (Å²) in [6.45, 7) is 10.7. The third-order valence-corrected chi connectivity index (χ3v) is 2.40. The standard InChI is InChI=1S/C12H18O.C2H6/c1-4-11-6-5-10(8-13)7-12(11)9(2)3;1-2/h5-7,9,13H,4,8H2,1-3H3;1-2H3. The second kappa shape index (κ2) is 7.47. The molecular formula is C14H24O. The molecule has 0 spiro atoms. The molecule has 0 aliphatic carbocycles. The molecule has 1 aromatic rings. The summed E-state index contributed by atoms with van der Waals surface area (Å²) >= 11 is 0. The first-order chi connectivity index (χ1) is 7.19. The molecule has 1 aromatic carbocycles. The molecule has 15 heavy (non-hydrogen) atoms. The van der Waals surface area contributed by atoms with Gasteiger partial charge in [0.15, 0.2) is 0 Å². The minimum Gasteiger partial charge on any atom is -0.392 e. The minimum atomic E-state index is 0.143. The van der Waals surface area contributed by atoms with Gasteiger partial charge in [0.25, 0.3) is 0 Å². The first-order valence-corrected chi connectivity index (χ1v) is 5.91. The smallest absolute Gasteiger partial charge is 0.0681 e. The molecule has 0 aliphatic heterocycles. The summed E-state index contributed by atoms with van der Waals surface area (Å²) in [5.41, 5.74) is 3.78. The van der Waals surface area contributed by atoms with Crippen molar-refractivity contribution in [2.75, 3.05) is 0 Å². The largest absolute Gasteiger partial charge is 0.392 e. The molecule has 0 atom stereocenters. The quantitative estimate of drug-likeness (QED) is 0.799. The van der Waals surface area contributed by atoms with Crippen molar-refractivity contribution in [2.24, 2.45) is 0 Å². The van der Waals surface area contributed by atoms with Crippen molar-refractivity contribution in [1.82, 2.24) is 0 Å². The molecule has 0 unspecified atom stereocenters. The predicted octanol–water partition coefficient (Wildman–Crippen LogP) is 3.89. The molecule has 0 amide bonds. The Hall–Kier alpha value is -0.820. The molecule has 1 nitrogen and oxygen atoms in total. The summed E-state index contributed by atoms with van der Waals surface area (Å²) in [5, 5.41) is 9.01. The van der Waals surface area contributed by atoms with Crippen LogP contribution in [0.3, 0.4) is 0 Å². The fourth-order valence-electron chi connectivity index (χ4n) is 1.60. The van der Waals surface area contributed by atoms with Crippen molar-refractivity contribution < 1.29 is 5.11 Å². The van der Waals surface area contributed by atoms with Gasteiger partial charge in [-0.2, -0.15) is 0 Å². The third-order valence-electron chi connectivity index (χ3n) is 2.40. The van der Waals surface area contributed by atoms with E-state index in [-0.39, 0.29) is 6.61 Å². The van der Waals surface area contributed by atoms with Crippen LogP contribution >= 0.6 is 0 Å². The van der Waals surface area contributed by atoms with Crippen LogP contribution in [0.25, 0.3) is 0 Å². The summed E-state index contributed by atoms with van der Waals surface area (Å²) in [7, 11) is 0. The summed E-state index contributed by atoms with van der Waals surface area (Å²) < 4.78 is 0. The van der Waals surface area contributed by atoms with Crippen LogP contribution in [-0.2, 0) is 13.0 Å². The average Bonchev–Trinajstić information content (AvgIpc) is 2.30. The highest BCUT2D eigenvalue weighted by Crippen LogP contribution is 2.21. The fraction of sp³-hybridized carbons (Fsp3) is 0.571.